The monoisotopic (exact) mass is 338 g/mol. The van der Waals surface area contributed by atoms with Crippen LogP contribution in [0.5, 0.6) is 0 Å². The average molecular weight is 339 g/mol. The zero-order chi connectivity index (χ0) is 14.5. The molecular formula is C13H15BrN4O2. The molecule has 1 N–H and O–H groups in total. The van der Waals surface area contributed by atoms with Crippen molar-refractivity contribution in [2.24, 2.45) is 0 Å². The van der Waals surface area contributed by atoms with Crippen molar-refractivity contribution in [1.29, 1.82) is 0 Å². The van der Waals surface area contributed by atoms with Crippen molar-refractivity contribution in [3.8, 4) is 11.5 Å². The summed E-state index contributed by atoms with van der Waals surface area (Å²) < 4.78 is 6.28. The molecule has 0 unspecified atom stereocenters. The fraction of sp³-hybridized carbons (Fsp3) is 0.308. The topological polar surface area (TPSA) is 71.3 Å². The number of nitrogens with zero attached hydrogens (tertiary/aromatic N) is 3. The molecule has 1 aromatic carbocycles. The van der Waals surface area contributed by atoms with Gasteiger partial charge in [-0.15, -0.1) is 10.2 Å². The summed E-state index contributed by atoms with van der Waals surface area (Å²) in [6.45, 7) is 1.28. The SMILES string of the molecule is CN(C)CCNC(=O)c1nnc(-c2cccc(Br)c2)o1. The van der Waals surface area contributed by atoms with Crippen LogP contribution in [0.4, 0.5) is 0 Å². The molecule has 7 heteroatoms. The number of nitrogens with one attached hydrogen (secondary N) is 1. The van der Waals surface area contributed by atoms with Gasteiger partial charge in [0.1, 0.15) is 0 Å². The van der Waals surface area contributed by atoms with E-state index in [9.17, 15) is 4.79 Å². The molecule has 1 aromatic heterocycles. The number of aromatic nitrogens is 2. The van der Waals surface area contributed by atoms with E-state index in [1.54, 1.807) is 0 Å². The fourth-order valence-corrected chi connectivity index (χ4v) is 1.92. The van der Waals surface area contributed by atoms with Crippen LogP contribution < -0.4 is 5.32 Å². The molecule has 0 spiro atoms. The Hall–Kier alpha value is -1.73. The highest BCUT2D eigenvalue weighted by molar-refractivity contribution is 9.10. The van der Waals surface area contributed by atoms with Gasteiger partial charge in [0.15, 0.2) is 0 Å². The summed E-state index contributed by atoms with van der Waals surface area (Å²) in [4.78, 5) is 13.8. The first kappa shape index (κ1) is 14.7. The maximum absolute atomic E-state index is 11.8. The molecule has 1 heterocycles. The molecule has 1 amide bonds. The molecule has 0 fully saturated rings. The predicted molar refractivity (Wildman–Crippen MR) is 78.3 cm³/mol. The molecule has 0 aliphatic carbocycles. The molecule has 106 valence electrons. The highest BCUT2D eigenvalue weighted by Gasteiger charge is 2.15. The summed E-state index contributed by atoms with van der Waals surface area (Å²) >= 11 is 3.37. The normalized spacial score (nSPS) is 10.8. The van der Waals surface area contributed by atoms with Crippen molar-refractivity contribution in [2.45, 2.75) is 0 Å². The number of halogens is 1. The van der Waals surface area contributed by atoms with E-state index >= 15 is 0 Å². The van der Waals surface area contributed by atoms with Crippen LogP contribution in [0.3, 0.4) is 0 Å². The van der Waals surface area contributed by atoms with Crippen molar-refractivity contribution in [2.75, 3.05) is 27.2 Å². The molecule has 6 nitrogen and oxygen atoms in total. The summed E-state index contributed by atoms with van der Waals surface area (Å²) in [5.41, 5.74) is 0.763. The van der Waals surface area contributed by atoms with E-state index in [0.717, 1.165) is 16.6 Å². The Balaban J connectivity index is 2.03. The maximum atomic E-state index is 11.8. The molecule has 0 saturated heterocycles. The van der Waals surface area contributed by atoms with E-state index in [1.807, 2.05) is 43.3 Å². The molecule has 2 aromatic rings. The Morgan fingerprint density at radius 1 is 1.40 bits per heavy atom. The van der Waals surface area contributed by atoms with Crippen LogP contribution >= 0.6 is 15.9 Å². The minimum Gasteiger partial charge on any atom is -0.412 e. The molecular weight excluding hydrogens is 324 g/mol. The predicted octanol–water partition coefficient (Wildman–Crippen LogP) is 1.79. The first-order valence-corrected chi connectivity index (χ1v) is 6.88. The van der Waals surface area contributed by atoms with Crippen molar-refractivity contribution in [1.82, 2.24) is 20.4 Å². The summed E-state index contributed by atoms with van der Waals surface area (Å²) in [5, 5.41) is 10.4. The number of hydrogen-bond donors (Lipinski definition) is 1. The van der Waals surface area contributed by atoms with Gasteiger partial charge in [0, 0.05) is 23.1 Å². The van der Waals surface area contributed by atoms with Gasteiger partial charge in [0.2, 0.25) is 5.89 Å². The van der Waals surface area contributed by atoms with E-state index in [1.165, 1.54) is 0 Å². The first-order valence-electron chi connectivity index (χ1n) is 6.08. The van der Waals surface area contributed by atoms with Gasteiger partial charge in [0.25, 0.3) is 0 Å². The summed E-state index contributed by atoms with van der Waals surface area (Å²) in [6, 6.07) is 7.45. The minimum atomic E-state index is -0.361. The van der Waals surface area contributed by atoms with E-state index in [2.05, 4.69) is 31.4 Å². The van der Waals surface area contributed by atoms with E-state index in [4.69, 9.17) is 4.42 Å². The second-order valence-corrected chi connectivity index (χ2v) is 5.40. The maximum Gasteiger partial charge on any atom is 0.308 e. The van der Waals surface area contributed by atoms with Crippen molar-refractivity contribution >= 4 is 21.8 Å². The Bertz CT molecular complexity index is 598. The lowest BCUT2D eigenvalue weighted by Gasteiger charge is -2.08. The molecule has 2 rings (SSSR count). The van der Waals surface area contributed by atoms with Crippen LogP contribution in [0.15, 0.2) is 33.2 Å². The van der Waals surface area contributed by atoms with Crippen molar-refractivity contribution in [3.05, 3.63) is 34.6 Å². The Labute approximate surface area is 125 Å². The van der Waals surface area contributed by atoms with Gasteiger partial charge in [-0.2, -0.15) is 0 Å². The van der Waals surface area contributed by atoms with E-state index < -0.39 is 0 Å². The summed E-state index contributed by atoms with van der Waals surface area (Å²) in [6.07, 6.45) is 0. The number of rotatable bonds is 5. The largest absolute Gasteiger partial charge is 0.412 e. The number of carbonyl (C=O) groups excluding carboxylic acids is 1. The van der Waals surface area contributed by atoms with Gasteiger partial charge in [-0.3, -0.25) is 4.79 Å². The van der Waals surface area contributed by atoms with Crippen LogP contribution in [-0.4, -0.2) is 48.2 Å². The number of likely N-dealkylation sites (N-methyl/N-ethyl adjacent to an activating group) is 1. The van der Waals surface area contributed by atoms with Gasteiger partial charge in [0.05, 0.1) is 0 Å². The molecule has 0 aliphatic rings. The molecule has 0 bridgehead atoms. The highest BCUT2D eigenvalue weighted by Crippen LogP contribution is 2.21. The second-order valence-electron chi connectivity index (χ2n) is 4.48. The second kappa shape index (κ2) is 6.62. The first-order chi connectivity index (χ1) is 9.56. The van der Waals surface area contributed by atoms with Crippen LogP contribution in [0.25, 0.3) is 11.5 Å². The highest BCUT2D eigenvalue weighted by atomic mass is 79.9. The lowest BCUT2D eigenvalue weighted by molar-refractivity contribution is 0.0917. The van der Waals surface area contributed by atoms with Crippen LogP contribution in [0, 0.1) is 0 Å². The van der Waals surface area contributed by atoms with Crippen molar-refractivity contribution < 1.29 is 9.21 Å². The lowest BCUT2D eigenvalue weighted by atomic mass is 10.2. The fourth-order valence-electron chi connectivity index (χ4n) is 1.52. The zero-order valence-electron chi connectivity index (χ0n) is 11.3. The molecule has 0 saturated carbocycles. The number of hydrogen-bond acceptors (Lipinski definition) is 5. The number of carbonyl (C=O) groups is 1. The van der Waals surface area contributed by atoms with Gasteiger partial charge < -0.3 is 14.6 Å². The summed E-state index contributed by atoms with van der Waals surface area (Å²) in [7, 11) is 3.87. The zero-order valence-corrected chi connectivity index (χ0v) is 12.8. The number of amides is 1. The average Bonchev–Trinajstić information content (AvgIpc) is 2.87. The van der Waals surface area contributed by atoms with Crippen LogP contribution in [0.2, 0.25) is 0 Å². The third kappa shape index (κ3) is 3.88. The molecule has 20 heavy (non-hydrogen) atoms. The van der Waals surface area contributed by atoms with Gasteiger partial charge in [-0.05, 0) is 32.3 Å². The molecule has 0 aliphatic heterocycles. The van der Waals surface area contributed by atoms with Gasteiger partial charge in [-0.1, -0.05) is 22.0 Å². The summed E-state index contributed by atoms with van der Waals surface area (Å²) in [5.74, 6) is -0.0663. The quantitative estimate of drug-likeness (QED) is 0.899. The minimum absolute atomic E-state index is 0.0290. The Kier molecular flexibility index (Phi) is 4.86. The number of benzene rings is 1. The Morgan fingerprint density at radius 3 is 2.90 bits per heavy atom. The molecule has 0 atom stereocenters. The smallest absolute Gasteiger partial charge is 0.308 e. The van der Waals surface area contributed by atoms with Gasteiger partial charge >= 0.3 is 11.8 Å². The molecule has 0 radical (unpaired) electrons. The standard InChI is InChI=1S/C13H15BrN4O2/c1-18(2)7-6-15-11(19)13-17-16-12(20-13)9-4-3-5-10(14)8-9/h3-5,8H,6-7H2,1-2H3,(H,15,19). The third-order valence-corrected chi connectivity index (χ3v) is 3.03. The van der Waals surface area contributed by atoms with E-state index in [-0.39, 0.29) is 11.8 Å². The van der Waals surface area contributed by atoms with Crippen LogP contribution in [0.1, 0.15) is 10.7 Å². The third-order valence-electron chi connectivity index (χ3n) is 2.54. The Morgan fingerprint density at radius 2 is 2.20 bits per heavy atom. The van der Waals surface area contributed by atoms with Crippen molar-refractivity contribution in [3.63, 3.8) is 0 Å². The van der Waals surface area contributed by atoms with Gasteiger partial charge in [-0.25, -0.2) is 0 Å². The lowest BCUT2D eigenvalue weighted by Crippen LogP contribution is -2.31. The van der Waals surface area contributed by atoms with Crippen LogP contribution in [-0.2, 0) is 0 Å². The van der Waals surface area contributed by atoms with E-state index in [0.29, 0.717) is 12.4 Å².